The minimum atomic E-state index is 0.954. The topological polar surface area (TPSA) is 0 Å². The van der Waals surface area contributed by atoms with E-state index in [1.54, 1.807) is 0 Å². The van der Waals surface area contributed by atoms with Crippen LogP contribution in [0.2, 0.25) is 0 Å². The van der Waals surface area contributed by atoms with E-state index in [4.69, 9.17) is 0 Å². The molecule has 0 aliphatic heterocycles. The van der Waals surface area contributed by atoms with Crippen LogP contribution in [0.4, 0.5) is 0 Å². The van der Waals surface area contributed by atoms with E-state index in [9.17, 15) is 0 Å². The monoisotopic (exact) mass is 150 g/mol. The molecule has 0 aromatic heterocycles. The van der Waals surface area contributed by atoms with Crippen LogP contribution in [0.5, 0.6) is 0 Å². The maximum Gasteiger partial charge on any atom is -0.0197 e. The van der Waals surface area contributed by atoms with Crippen LogP contribution in [0.25, 0.3) is 0 Å². The summed E-state index contributed by atoms with van der Waals surface area (Å²) in [6, 6.07) is 0. The van der Waals surface area contributed by atoms with Gasteiger partial charge in [-0.3, -0.25) is 0 Å². The van der Waals surface area contributed by atoms with Crippen LogP contribution in [0.1, 0.15) is 33.1 Å². The fourth-order valence-corrected chi connectivity index (χ4v) is 3.24. The van der Waals surface area contributed by atoms with Crippen molar-refractivity contribution in [3.8, 4) is 0 Å². The molecule has 0 aromatic rings. The van der Waals surface area contributed by atoms with Crippen molar-refractivity contribution in [3.05, 3.63) is 12.2 Å². The average molecular weight is 150 g/mol. The Hall–Kier alpha value is -0.260. The summed E-state index contributed by atoms with van der Waals surface area (Å²) in [4.78, 5) is 0. The molecular formula is C11H18. The largest absolute Gasteiger partial charge is 0.0848 e. The minimum Gasteiger partial charge on any atom is -0.0848 e. The van der Waals surface area contributed by atoms with Crippen molar-refractivity contribution >= 4 is 0 Å². The van der Waals surface area contributed by atoms with E-state index in [1.807, 2.05) is 0 Å². The lowest BCUT2D eigenvalue weighted by atomic mass is 9.80. The fraction of sp³-hybridized carbons (Fsp3) is 0.818. The number of hydrogen-bond donors (Lipinski definition) is 0. The van der Waals surface area contributed by atoms with Gasteiger partial charge < -0.3 is 0 Å². The molecule has 1 fully saturated rings. The Morgan fingerprint density at radius 2 is 1.45 bits per heavy atom. The lowest BCUT2D eigenvalue weighted by molar-refractivity contribution is 0.292. The molecule has 0 aromatic carbocycles. The second-order valence-electron chi connectivity index (χ2n) is 4.09. The second-order valence-corrected chi connectivity index (χ2v) is 4.09. The van der Waals surface area contributed by atoms with Gasteiger partial charge >= 0.3 is 0 Å². The lowest BCUT2D eigenvalue weighted by Crippen LogP contribution is -2.17. The van der Waals surface area contributed by atoms with E-state index >= 15 is 0 Å². The van der Waals surface area contributed by atoms with Crippen molar-refractivity contribution in [3.63, 3.8) is 0 Å². The standard InChI is InChI=1S/C11H18/c1-3-10-8-5-6-9(7-8)11(10)4-2/h5-6,8-11H,3-4,7H2,1-2H3/t8?,9?,10-,11-/m1/s1. The van der Waals surface area contributed by atoms with Crippen molar-refractivity contribution in [2.45, 2.75) is 33.1 Å². The molecule has 0 heterocycles. The fourth-order valence-electron chi connectivity index (χ4n) is 3.24. The van der Waals surface area contributed by atoms with Crippen LogP contribution in [0.15, 0.2) is 12.2 Å². The van der Waals surface area contributed by atoms with Crippen LogP contribution >= 0.6 is 0 Å². The predicted octanol–water partition coefficient (Wildman–Crippen LogP) is 3.24. The second kappa shape index (κ2) is 2.66. The van der Waals surface area contributed by atoms with Crippen molar-refractivity contribution in [1.29, 1.82) is 0 Å². The summed E-state index contributed by atoms with van der Waals surface area (Å²) in [6.07, 6.45) is 9.18. The van der Waals surface area contributed by atoms with E-state index in [0.29, 0.717) is 0 Å². The molecule has 2 bridgehead atoms. The number of allylic oxidation sites excluding steroid dienone is 2. The Kier molecular flexibility index (Phi) is 1.78. The summed E-state index contributed by atoms with van der Waals surface area (Å²) in [5.74, 6) is 3.95. The smallest absolute Gasteiger partial charge is 0.0197 e. The van der Waals surface area contributed by atoms with Gasteiger partial charge in [0.1, 0.15) is 0 Å². The molecule has 0 radical (unpaired) electrons. The van der Waals surface area contributed by atoms with Gasteiger partial charge in [-0.25, -0.2) is 0 Å². The number of fused-ring (bicyclic) bond motifs is 2. The Morgan fingerprint density at radius 3 is 1.82 bits per heavy atom. The maximum absolute atomic E-state index is 2.46. The van der Waals surface area contributed by atoms with Crippen LogP contribution in [0, 0.1) is 23.7 Å². The van der Waals surface area contributed by atoms with Gasteiger partial charge in [-0.2, -0.15) is 0 Å². The SMILES string of the molecule is CC[C@@H]1C2C=CC(C2)[C@H]1CC. The van der Waals surface area contributed by atoms with Crippen LogP contribution in [-0.2, 0) is 0 Å². The van der Waals surface area contributed by atoms with Gasteiger partial charge in [-0.05, 0) is 30.1 Å². The van der Waals surface area contributed by atoms with Gasteiger partial charge in [0, 0.05) is 0 Å². The zero-order valence-corrected chi connectivity index (χ0v) is 7.59. The third kappa shape index (κ3) is 0.953. The Morgan fingerprint density at radius 1 is 1.00 bits per heavy atom. The van der Waals surface area contributed by atoms with Crippen molar-refractivity contribution in [2.24, 2.45) is 23.7 Å². The molecule has 0 amide bonds. The van der Waals surface area contributed by atoms with Gasteiger partial charge in [0.15, 0.2) is 0 Å². The number of hydrogen-bond acceptors (Lipinski definition) is 0. The lowest BCUT2D eigenvalue weighted by Gasteiger charge is -2.25. The van der Waals surface area contributed by atoms with Gasteiger partial charge in [0.05, 0.1) is 0 Å². The first-order valence-corrected chi connectivity index (χ1v) is 5.05. The highest BCUT2D eigenvalue weighted by molar-refractivity contribution is 5.12. The molecule has 4 atom stereocenters. The first kappa shape index (κ1) is 7.39. The van der Waals surface area contributed by atoms with Gasteiger partial charge in [-0.1, -0.05) is 38.8 Å². The summed E-state index contributed by atoms with van der Waals surface area (Å²) in [5, 5.41) is 0. The van der Waals surface area contributed by atoms with Crippen LogP contribution in [-0.4, -0.2) is 0 Å². The van der Waals surface area contributed by atoms with Crippen molar-refractivity contribution < 1.29 is 0 Å². The molecule has 2 aliphatic rings. The first-order valence-electron chi connectivity index (χ1n) is 5.05. The molecule has 0 spiro atoms. The molecule has 0 N–H and O–H groups in total. The molecule has 11 heavy (non-hydrogen) atoms. The van der Waals surface area contributed by atoms with E-state index in [-0.39, 0.29) is 0 Å². The Bertz CT molecular complexity index is 151. The highest BCUT2D eigenvalue weighted by Gasteiger charge is 2.41. The van der Waals surface area contributed by atoms with Crippen LogP contribution < -0.4 is 0 Å². The van der Waals surface area contributed by atoms with E-state index in [2.05, 4.69) is 26.0 Å². The van der Waals surface area contributed by atoms with E-state index in [1.165, 1.54) is 19.3 Å². The third-order valence-electron chi connectivity index (χ3n) is 3.74. The molecule has 0 heteroatoms. The van der Waals surface area contributed by atoms with Crippen molar-refractivity contribution in [1.82, 2.24) is 0 Å². The molecule has 2 unspecified atom stereocenters. The molecule has 2 aliphatic carbocycles. The average Bonchev–Trinajstić information content (AvgIpc) is 2.60. The van der Waals surface area contributed by atoms with E-state index in [0.717, 1.165) is 23.7 Å². The van der Waals surface area contributed by atoms with Crippen LogP contribution in [0.3, 0.4) is 0 Å². The summed E-state index contributed by atoms with van der Waals surface area (Å²) >= 11 is 0. The Labute approximate surface area is 69.7 Å². The van der Waals surface area contributed by atoms with Crippen molar-refractivity contribution in [2.75, 3.05) is 0 Å². The summed E-state index contributed by atoms with van der Waals surface area (Å²) < 4.78 is 0. The van der Waals surface area contributed by atoms with Gasteiger partial charge in [0.2, 0.25) is 0 Å². The molecule has 0 nitrogen and oxygen atoms in total. The first-order chi connectivity index (χ1) is 5.36. The zero-order valence-electron chi connectivity index (χ0n) is 7.59. The molecule has 1 saturated carbocycles. The molecular weight excluding hydrogens is 132 g/mol. The van der Waals surface area contributed by atoms with Gasteiger partial charge in [-0.15, -0.1) is 0 Å². The molecule has 2 rings (SSSR count). The maximum atomic E-state index is 2.46. The molecule has 62 valence electrons. The quantitative estimate of drug-likeness (QED) is 0.530. The summed E-state index contributed by atoms with van der Waals surface area (Å²) in [7, 11) is 0. The third-order valence-corrected chi connectivity index (χ3v) is 3.74. The minimum absolute atomic E-state index is 0.954. The predicted molar refractivity (Wildman–Crippen MR) is 48.3 cm³/mol. The summed E-state index contributed by atoms with van der Waals surface area (Å²) in [6.45, 7) is 4.70. The normalized spacial score (nSPS) is 47.1. The highest BCUT2D eigenvalue weighted by Crippen LogP contribution is 2.50. The Balaban J connectivity index is 2.15. The van der Waals surface area contributed by atoms with Gasteiger partial charge in [0.25, 0.3) is 0 Å². The zero-order chi connectivity index (χ0) is 7.84. The summed E-state index contributed by atoms with van der Waals surface area (Å²) in [5.41, 5.74) is 0. The highest BCUT2D eigenvalue weighted by atomic mass is 14.5. The molecule has 0 saturated heterocycles. The number of rotatable bonds is 2. The van der Waals surface area contributed by atoms with E-state index < -0.39 is 0 Å².